The third kappa shape index (κ3) is 4.37. The molecule has 3 heteroatoms. The Kier molecular flexibility index (Phi) is 6.32. The maximum Gasteiger partial charge on any atom is 0.198 e. The quantitative estimate of drug-likeness (QED) is 0.724. The van der Waals surface area contributed by atoms with Crippen LogP contribution in [0.4, 0.5) is 0 Å². The van der Waals surface area contributed by atoms with Crippen molar-refractivity contribution in [3.8, 4) is 0 Å². The monoisotopic (exact) mass is 280 g/mol. The van der Waals surface area contributed by atoms with Gasteiger partial charge in [-0.2, -0.15) is 0 Å². The summed E-state index contributed by atoms with van der Waals surface area (Å²) >= 11 is 0. The maximum absolute atomic E-state index is 6.70. The third-order valence-corrected chi connectivity index (χ3v) is 10.7. The minimum Gasteiger partial charge on any atom is -0.456 e. The molecule has 0 bridgehead atoms. The van der Waals surface area contributed by atoms with Crippen molar-refractivity contribution >= 4 is 23.3 Å². The smallest absolute Gasteiger partial charge is 0.198 e. The summed E-state index contributed by atoms with van der Waals surface area (Å²) in [6.45, 7) is 13.9. The summed E-state index contributed by atoms with van der Waals surface area (Å²) in [4.78, 5) is 0. The first-order valence-electron chi connectivity index (χ1n) is 7.13. The second-order valence-electron chi connectivity index (χ2n) is 6.16. The first-order chi connectivity index (χ1) is 8.43. The lowest BCUT2D eigenvalue weighted by Crippen LogP contribution is -2.43. The Hall–Kier alpha value is -0.386. The van der Waals surface area contributed by atoms with Crippen LogP contribution in [0.2, 0.25) is 16.6 Å². The molecule has 1 aromatic carbocycles. The average molecular weight is 281 g/mol. The molecule has 1 nitrogen and oxygen atoms in total. The highest BCUT2D eigenvalue weighted by atomic mass is 28.4. The average Bonchev–Trinajstić information content (AvgIpc) is 2.29. The lowest BCUT2D eigenvalue weighted by Gasteiger charge is -2.31. The van der Waals surface area contributed by atoms with Crippen LogP contribution in [0.5, 0.6) is 0 Å². The summed E-state index contributed by atoms with van der Waals surface area (Å²) in [7, 11) is -2.38. The molecular weight excluding hydrogens is 252 g/mol. The van der Waals surface area contributed by atoms with Gasteiger partial charge in [-0.3, -0.25) is 0 Å². The lowest BCUT2D eigenvalue weighted by atomic mass is 10.4. The molecule has 0 amide bonds. The van der Waals surface area contributed by atoms with Gasteiger partial charge in [0.15, 0.2) is 18.1 Å². The van der Waals surface area contributed by atoms with Crippen molar-refractivity contribution < 1.29 is 4.12 Å². The summed E-state index contributed by atoms with van der Waals surface area (Å²) in [6.07, 6.45) is 0. The van der Waals surface area contributed by atoms with E-state index in [9.17, 15) is 0 Å². The number of rotatable bonds is 6. The van der Waals surface area contributed by atoms with Crippen LogP contribution >= 0.6 is 0 Å². The molecular formula is C15H28OSi2. The standard InChI is InChI=1S/C15H28OSi2/c1-12(2)17(13(3)4)16-18(14(5)6)15-10-8-7-9-11-15/h7-14,17-18H,1-6H3. The predicted molar refractivity (Wildman–Crippen MR) is 86.8 cm³/mol. The molecule has 0 aromatic heterocycles. The van der Waals surface area contributed by atoms with Crippen LogP contribution in [-0.4, -0.2) is 18.1 Å². The predicted octanol–water partition coefficient (Wildman–Crippen LogP) is 3.59. The number of hydrogen-bond donors (Lipinski definition) is 0. The van der Waals surface area contributed by atoms with E-state index in [0.717, 1.165) is 11.1 Å². The summed E-state index contributed by atoms with van der Waals surface area (Å²) in [5.41, 5.74) is 2.12. The van der Waals surface area contributed by atoms with Crippen LogP contribution in [0.15, 0.2) is 30.3 Å². The van der Waals surface area contributed by atoms with Crippen molar-refractivity contribution in [2.24, 2.45) is 0 Å². The maximum atomic E-state index is 6.70. The van der Waals surface area contributed by atoms with Gasteiger partial charge < -0.3 is 4.12 Å². The highest BCUT2D eigenvalue weighted by Crippen LogP contribution is 2.24. The first kappa shape index (κ1) is 15.7. The Morgan fingerprint density at radius 1 is 0.778 bits per heavy atom. The van der Waals surface area contributed by atoms with Crippen molar-refractivity contribution in [1.29, 1.82) is 0 Å². The van der Waals surface area contributed by atoms with Crippen LogP contribution in [0.25, 0.3) is 0 Å². The SMILES string of the molecule is CC(C)[SiH](O[SiH](C(C)C)C(C)C)c1ccccc1. The zero-order valence-corrected chi connectivity index (χ0v) is 15.0. The van der Waals surface area contributed by atoms with Crippen molar-refractivity contribution in [1.82, 2.24) is 0 Å². The Morgan fingerprint density at radius 2 is 1.28 bits per heavy atom. The normalized spacial score (nSPS) is 13.9. The molecule has 0 saturated carbocycles. The highest BCUT2D eigenvalue weighted by Gasteiger charge is 2.28. The summed E-state index contributed by atoms with van der Waals surface area (Å²) in [5, 5.41) is 1.46. The van der Waals surface area contributed by atoms with Crippen molar-refractivity contribution in [3.63, 3.8) is 0 Å². The zero-order valence-electron chi connectivity index (χ0n) is 12.7. The molecule has 102 valence electrons. The fourth-order valence-corrected chi connectivity index (χ4v) is 11.2. The zero-order chi connectivity index (χ0) is 13.7. The van der Waals surface area contributed by atoms with Gasteiger partial charge in [0.05, 0.1) is 0 Å². The molecule has 0 N–H and O–H groups in total. The van der Waals surface area contributed by atoms with Gasteiger partial charge in [-0.15, -0.1) is 0 Å². The number of hydrogen-bond acceptors (Lipinski definition) is 1. The molecule has 0 aliphatic carbocycles. The van der Waals surface area contributed by atoms with Gasteiger partial charge in [0.25, 0.3) is 0 Å². The third-order valence-electron chi connectivity index (χ3n) is 3.35. The van der Waals surface area contributed by atoms with E-state index in [1.165, 1.54) is 5.19 Å². The summed E-state index contributed by atoms with van der Waals surface area (Å²) in [6, 6.07) is 10.9. The van der Waals surface area contributed by atoms with Gasteiger partial charge in [0, 0.05) is 0 Å². The van der Waals surface area contributed by atoms with Gasteiger partial charge in [-0.25, -0.2) is 0 Å². The topological polar surface area (TPSA) is 9.23 Å². The summed E-state index contributed by atoms with van der Waals surface area (Å²) < 4.78 is 6.70. The molecule has 1 aromatic rings. The van der Waals surface area contributed by atoms with Crippen molar-refractivity contribution in [3.05, 3.63) is 30.3 Å². The number of benzene rings is 1. The first-order valence-corrected chi connectivity index (χ1v) is 10.7. The van der Waals surface area contributed by atoms with Gasteiger partial charge in [-0.1, -0.05) is 71.9 Å². The van der Waals surface area contributed by atoms with Gasteiger partial charge in [0.1, 0.15) is 0 Å². The molecule has 0 fully saturated rings. The second kappa shape index (κ2) is 7.26. The highest BCUT2D eigenvalue weighted by molar-refractivity contribution is 6.76. The molecule has 18 heavy (non-hydrogen) atoms. The molecule has 0 spiro atoms. The van der Waals surface area contributed by atoms with E-state index >= 15 is 0 Å². The van der Waals surface area contributed by atoms with E-state index in [1.807, 2.05) is 0 Å². The van der Waals surface area contributed by atoms with Crippen LogP contribution in [0.1, 0.15) is 41.5 Å². The Labute approximate surface area is 116 Å². The van der Waals surface area contributed by atoms with Crippen LogP contribution in [-0.2, 0) is 4.12 Å². The van der Waals surface area contributed by atoms with Crippen molar-refractivity contribution in [2.45, 2.75) is 58.2 Å². The van der Waals surface area contributed by atoms with Crippen LogP contribution in [0, 0.1) is 0 Å². The van der Waals surface area contributed by atoms with Gasteiger partial charge in [0.2, 0.25) is 0 Å². The minimum atomic E-state index is -1.27. The molecule has 0 aliphatic heterocycles. The largest absolute Gasteiger partial charge is 0.456 e. The van der Waals surface area contributed by atoms with E-state index in [4.69, 9.17) is 4.12 Å². The Morgan fingerprint density at radius 3 is 1.67 bits per heavy atom. The Bertz CT molecular complexity index is 328. The fraction of sp³-hybridized carbons (Fsp3) is 0.600. The van der Waals surface area contributed by atoms with E-state index < -0.39 is 18.1 Å². The van der Waals surface area contributed by atoms with Crippen LogP contribution < -0.4 is 5.19 Å². The van der Waals surface area contributed by atoms with Gasteiger partial charge in [-0.05, 0) is 21.8 Å². The van der Waals surface area contributed by atoms with E-state index in [0.29, 0.717) is 5.54 Å². The molecule has 1 atom stereocenters. The molecule has 0 radical (unpaired) electrons. The molecule has 1 rings (SSSR count). The molecule has 0 aliphatic rings. The van der Waals surface area contributed by atoms with Gasteiger partial charge >= 0.3 is 0 Å². The molecule has 0 saturated heterocycles. The minimum absolute atomic E-state index is 0.667. The Balaban J connectivity index is 2.87. The van der Waals surface area contributed by atoms with E-state index in [-0.39, 0.29) is 0 Å². The van der Waals surface area contributed by atoms with E-state index in [1.54, 1.807) is 0 Å². The van der Waals surface area contributed by atoms with E-state index in [2.05, 4.69) is 71.9 Å². The van der Waals surface area contributed by atoms with Crippen LogP contribution in [0.3, 0.4) is 0 Å². The molecule has 0 heterocycles. The lowest BCUT2D eigenvalue weighted by molar-refractivity contribution is 0.544. The molecule has 1 unspecified atom stereocenters. The summed E-state index contributed by atoms with van der Waals surface area (Å²) in [5.74, 6) is 0. The van der Waals surface area contributed by atoms with Crippen molar-refractivity contribution in [2.75, 3.05) is 0 Å². The fourth-order valence-electron chi connectivity index (χ4n) is 2.52. The second-order valence-corrected chi connectivity index (χ2v) is 13.7.